The van der Waals surface area contributed by atoms with Gasteiger partial charge in [0.05, 0.1) is 0 Å². The van der Waals surface area contributed by atoms with Gasteiger partial charge in [-0.2, -0.15) is 0 Å². The van der Waals surface area contributed by atoms with Crippen LogP contribution >= 0.6 is 0 Å². The lowest BCUT2D eigenvalue weighted by Gasteiger charge is -2.39. The first-order chi connectivity index (χ1) is 6.93. The van der Waals surface area contributed by atoms with E-state index in [4.69, 9.17) is 0 Å². The van der Waals surface area contributed by atoms with Crippen molar-refractivity contribution in [1.82, 2.24) is 0 Å². The van der Waals surface area contributed by atoms with Crippen LogP contribution in [0.1, 0.15) is 53.4 Å². The molecule has 0 heterocycles. The van der Waals surface area contributed by atoms with Crippen molar-refractivity contribution < 1.29 is 4.79 Å². The Kier molecular flexibility index (Phi) is 2.68. The molecule has 2 aliphatic rings. The second kappa shape index (κ2) is 3.61. The third-order valence-corrected chi connectivity index (χ3v) is 5.35. The van der Waals surface area contributed by atoms with Crippen molar-refractivity contribution in [1.29, 1.82) is 0 Å². The van der Waals surface area contributed by atoms with Gasteiger partial charge in [-0.05, 0) is 55.8 Å². The first kappa shape index (κ1) is 11.2. The molecule has 0 spiro atoms. The molecule has 2 fully saturated rings. The Balaban J connectivity index is 2.06. The predicted molar refractivity (Wildman–Crippen MR) is 62.6 cm³/mol. The van der Waals surface area contributed by atoms with Crippen LogP contribution in [0.3, 0.4) is 0 Å². The summed E-state index contributed by atoms with van der Waals surface area (Å²) in [5.41, 5.74) is 0.493. The number of ketones is 1. The summed E-state index contributed by atoms with van der Waals surface area (Å²) in [5, 5.41) is 0. The molecule has 0 aromatic carbocycles. The highest BCUT2D eigenvalue weighted by molar-refractivity contribution is 5.77. The van der Waals surface area contributed by atoms with Crippen molar-refractivity contribution in [2.75, 3.05) is 0 Å². The molecule has 2 saturated carbocycles. The number of Topliss-reactive ketones (excluding diaryl/α,β-unsaturated/α-hetero) is 1. The summed E-state index contributed by atoms with van der Waals surface area (Å²) >= 11 is 0. The largest absolute Gasteiger partial charge is 0.300 e. The van der Waals surface area contributed by atoms with Crippen LogP contribution in [0.2, 0.25) is 0 Å². The maximum atomic E-state index is 11.3. The second-order valence-electron chi connectivity index (χ2n) is 6.45. The van der Waals surface area contributed by atoms with Crippen molar-refractivity contribution >= 4 is 5.78 Å². The Bertz CT molecular complexity index is 267. The Labute approximate surface area is 93.6 Å². The van der Waals surface area contributed by atoms with Crippen molar-refractivity contribution in [3.63, 3.8) is 0 Å². The van der Waals surface area contributed by atoms with Gasteiger partial charge in [-0.1, -0.05) is 20.8 Å². The lowest BCUT2D eigenvalue weighted by molar-refractivity contribution is -0.121. The van der Waals surface area contributed by atoms with E-state index in [0.29, 0.717) is 11.2 Å². The van der Waals surface area contributed by atoms with Crippen LogP contribution < -0.4 is 0 Å². The zero-order valence-electron chi connectivity index (χ0n) is 10.5. The lowest BCUT2D eigenvalue weighted by Crippen LogP contribution is -2.32. The minimum atomic E-state index is 0.272. The zero-order chi connectivity index (χ0) is 11.2. The number of carbonyl (C=O) groups excluding carboxylic acids is 1. The van der Waals surface area contributed by atoms with Crippen LogP contribution in [0.25, 0.3) is 0 Å². The molecule has 4 atom stereocenters. The molecule has 0 aromatic rings. The van der Waals surface area contributed by atoms with Crippen molar-refractivity contribution in [3.8, 4) is 0 Å². The van der Waals surface area contributed by atoms with Gasteiger partial charge in [-0.15, -0.1) is 0 Å². The van der Waals surface area contributed by atoms with E-state index in [1.807, 2.05) is 0 Å². The molecular weight excluding hydrogens is 184 g/mol. The fourth-order valence-corrected chi connectivity index (χ4v) is 4.01. The summed E-state index contributed by atoms with van der Waals surface area (Å²) in [6.45, 7) is 8.69. The summed E-state index contributed by atoms with van der Waals surface area (Å²) in [6.07, 6.45) is 5.41. The molecule has 1 nitrogen and oxygen atoms in total. The van der Waals surface area contributed by atoms with Crippen LogP contribution in [0, 0.1) is 29.1 Å². The van der Waals surface area contributed by atoms with Crippen LogP contribution in [0.4, 0.5) is 0 Å². The van der Waals surface area contributed by atoms with Gasteiger partial charge < -0.3 is 0 Å². The van der Waals surface area contributed by atoms with E-state index in [0.717, 1.165) is 24.2 Å². The fraction of sp³-hybridized carbons (Fsp3) is 0.929. The van der Waals surface area contributed by atoms with Crippen molar-refractivity contribution in [2.45, 2.75) is 53.4 Å². The molecule has 2 aliphatic carbocycles. The standard InChI is InChI=1S/C14H24O/c1-9(10(2)15)7-13-11-5-6-12(8-11)14(13,3)4/h9,11-13H,5-8H2,1-4H3. The van der Waals surface area contributed by atoms with E-state index in [9.17, 15) is 4.79 Å². The summed E-state index contributed by atoms with van der Waals surface area (Å²) in [6, 6.07) is 0. The number of carbonyl (C=O) groups is 1. The molecule has 2 rings (SSSR count). The maximum absolute atomic E-state index is 11.3. The third kappa shape index (κ3) is 1.74. The molecule has 0 aromatic heterocycles. The molecular formula is C14H24O. The SMILES string of the molecule is CC(=O)C(C)CC1C2CCC(C2)C1(C)C. The number of fused-ring (bicyclic) bond motifs is 2. The molecule has 0 amide bonds. The van der Waals surface area contributed by atoms with Crippen LogP contribution in [-0.2, 0) is 4.79 Å². The van der Waals surface area contributed by atoms with E-state index in [1.165, 1.54) is 19.3 Å². The van der Waals surface area contributed by atoms with E-state index < -0.39 is 0 Å². The Morgan fingerprint density at radius 2 is 2.07 bits per heavy atom. The molecule has 0 aliphatic heterocycles. The monoisotopic (exact) mass is 208 g/mol. The van der Waals surface area contributed by atoms with Crippen molar-refractivity contribution in [2.24, 2.45) is 29.1 Å². The summed E-state index contributed by atoms with van der Waals surface area (Å²) in [7, 11) is 0. The number of rotatable bonds is 3. The topological polar surface area (TPSA) is 17.1 Å². The molecule has 1 heteroatoms. The van der Waals surface area contributed by atoms with Crippen LogP contribution in [0.5, 0.6) is 0 Å². The maximum Gasteiger partial charge on any atom is 0.132 e. The molecule has 4 unspecified atom stereocenters. The van der Waals surface area contributed by atoms with Gasteiger partial charge in [-0.25, -0.2) is 0 Å². The summed E-state index contributed by atoms with van der Waals surface area (Å²) < 4.78 is 0. The van der Waals surface area contributed by atoms with E-state index >= 15 is 0 Å². The molecule has 0 N–H and O–H groups in total. The molecule has 86 valence electrons. The molecule has 2 bridgehead atoms. The summed E-state index contributed by atoms with van der Waals surface area (Å²) in [4.78, 5) is 11.3. The van der Waals surface area contributed by atoms with E-state index in [-0.39, 0.29) is 5.92 Å². The summed E-state index contributed by atoms with van der Waals surface area (Å²) in [5.74, 6) is 3.30. The minimum Gasteiger partial charge on any atom is -0.300 e. The highest BCUT2D eigenvalue weighted by atomic mass is 16.1. The van der Waals surface area contributed by atoms with E-state index in [2.05, 4.69) is 20.8 Å². The van der Waals surface area contributed by atoms with Gasteiger partial charge in [0.2, 0.25) is 0 Å². The Morgan fingerprint density at radius 3 is 2.53 bits per heavy atom. The van der Waals surface area contributed by atoms with E-state index in [1.54, 1.807) is 6.92 Å². The minimum absolute atomic E-state index is 0.272. The first-order valence-corrected chi connectivity index (χ1v) is 6.43. The first-order valence-electron chi connectivity index (χ1n) is 6.43. The normalized spacial score (nSPS) is 39.3. The number of hydrogen-bond acceptors (Lipinski definition) is 1. The van der Waals surface area contributed by atoms with Gasteiger partial charge in [0.1, 0.15) is 5.78 Å². The highest BCUT2D eigenvalue weighted by Crippen LogP contribution is 2.60. The zero-order valence-corrected chi connectivity index (χ0v) is 10.5. The van der Waals surface area contributed by atoms with Crippen molar-refractivity contribution in [3.05, 3.63) is 0 Å². The Hall–Kier alpha value is -0.330. The van der Waals surface area contributed by atoms with Gasteiger partial charge in [0.15, 0.2) is 0 Å². The van der Waals surface area contributed by atoms with Crippen LogP contribution in [0.15, 0.2) is 0 Å². The average Bonchev–Trinajstić information content (AvgIpc) is 2.68. The highest BCUT2D eigenvalue weighted by Gasteiger charge is 2.52. The fourth-order valence-electron chi connectivity index (χ4n) is 4.01. The molecule has 0 radical (unpaired) electrons. The van der Waals surface area contributed by atoms with Gasteiger partial charge in [0.25, 0.3) is 0 Å². The Morgan fingerprint density at radius 1 is 1.40 bits per heavy atom. The number of hydrogen-bond donors (Lipinski definition) is 0. The van der Waals surface area contributed by atoms with Gasteiger partial charge >= 0.3 is 0 Å². The second-order valence-corrected chi connectivity index (χ2v) is 6.45. The lowest BCUT2D eigenvalue weighted by atomic mass is 9.66. The third-order valence-electron chi connectivity index (χ3n) is 5.35. The van der Waals surface area contributed by atoms with Gasteiger partial charge in [0, 0.05) is 5.92 Å². The van der Waals surface area contributed by atoms with Crippen LogP contribution in [-0.4, -0.2) is 5.78 Å². The predicted octanol–water partition coefficient (Wildman–Crippen LogP) is 3.67. The average molecular weight is 208 g/mol. The molecule has 0 saturated heterocycles. The van der Waals surface area contributed by atoms with Gasteiger partial charge in [-0.3, -0.25) is 4.79 Å². The smallest absolute Gasteiger partial charge is 0.132 e. The molecule has 15 heavy (non-hydrogen) atoms. The quantitative estimate of drug-likeness (QED) is 0.691.